The molecule has 0 spiro atoms. The smallest absolute Gasteiger partial charge is 0.213 e. The molecule has 0 unspecified atom stereocenters. The van der Waals surface area contributed by atoms with Gasteiger partial charge in [0, 0.05) is 12.1 Å². The van der Waals surface area contributed by atoms with Gasteiger partial charge in [0.25, 0.3) is 0 Å². The largest absolute Gasteiger partial charge is 0.494 e. The Kier molecular flexibility index (Phi) is 5.06. The molecule has 148 valence electrons. The molecule has 0 amide bonds. The highest BCUT2D eigenvalue weighted by molar-refractivity contribution is 9.10. The topological polar surface area (TPSA) is 90.8 Å². The number of hydrogen-bond acceptors (Lipinski definition) is 4. The van der Waals surface area contributed by atoms with Gasteiger partial charge in [0.2, 0.25) is 11.8 Å². The molecule has 4 rings (SSSR count). The number of rotatable bonds is 4. The Morgan fingerprint density at radius 3 is 1.21 bits per heavy atom. The minimum atomic E-state index is -0.0611. The van der Waals surface area contributed by atoms with Crippen LogP contribution in [0.4, 0.5) is 0 Å². The summed E-state index contributed by atoms with van der Waals surface area (Å²) in [6, 6.07) is 17.9. The van der Waals surface area contributed by atoms with Crippen LogP contribution in [0.3, 0.4) is 0 Å². The monoisotopic (exact) mass is 518 g/mol. The zero-order chi connectivity index (χ0) is 20.7. The molecule has 0 aliphatic heterocycles. The normalized spacial score (nSPS) is 11.1. The van der Waals surface area contributed by atoms with Crippen molar-refractivity contribution in [2.24, 2.45) is 0 Å². The van der Waals surface area contributed by atoms with Crippen LogP contribution in [-0.4, -0.2) is 29.6 Å². The van der Waals surface area contributed by atoms with E-state index in [9.17, 15) is 20.4 Å². The maximum absolute atomic E-state index is 10.1. The van der Waals surface area contributed by atoms with Crippen LogP contribution in [0.1, 0.15) is 11.1 Å². The maximum atomic E-state index is 10.1. The molecule has 0 aliphatic rings. The molecule has 0 saturated carbocycles. The molecule has 0 atom stereocenters. The van der Waals surface area contributed by atoms with Gasteiger partial charge in [0.1, 0.15) is 0 Å². The van der Waals surface area contributed by atoms with Crippen molar-refractivity contribution < 1.29 is 20.4 Å². The minimum absolute atomic E-state index is 0.0548. The van der Waals surface area contributed by atoms with Crippen molar-refractivity contribution in [3.8, 4) is 34.9 Å². The summed E-state index contributed by atoms with van der Waals surface area (Å²) in [6.45, 7) is 0. The molecule has 2 aromatic carbocycles. The Labute approximate surface area is 183 Å². The lowest BCUT2D eigenvalue weighted by atomic mass is 10.0. The Balaban J connectivity index is 1.54. The van der Waals surface area contributed by atoms with Crippen molar-refractivity contribution in [1.29, 1.82) is 0 Å². The first-order chi connectivity index (χ1) is 13.8. The quantitative estimate of drug-likeness (QED) is 0.298. The zero-order valence-electron chi connectivity index (χ0n) is 14.9. The Morgan fingerprint density at radius 1 is 0.586 bits per heavy atom. The van der Waals surface area contributed by atoms with Gasteiger partial charge >= 0.3 is 0 Å². The highest BCUT2D eigenvalue weighted by atomic mass is 79.9. The van der Waals surface area contributed by atoms with Crippen LogP contribution in [0.5, 0.6) is 23.5 Å². The lowest BCUT2D eigenvalue weighted by Gasteiger charge is -2.10. The van der Waals surface area contributed by atoms with Crippen LogP contribution in [0.15, 0.2) is 69.6 Å². The number of benzene rings is 2. The van der Waals surface area contributed by atoms with Crippen LogP contribution < -0.4 is 0 Å². The summed E-state index contributed by atoms with van der Waals surface area (Å²) < 4.78 is 3.53. The summed E-state index contributed by atoms with van der Waals surface area (Å²) in [4.78, 5) is 0. The molecule has 6 nitrogen and oxygen atoms in total. The third-order valence-electron chi connectivity index (χ3n) is 4.62. The fraction of sp³-hybridized carbons (Fsp3) is 0.0476. The van der Waals surface area contributed by atoms with Gasteiger partial charge in [0.05, 0.1) is 20.3 Å². The van der Waals surface area contributed by atoms with Gasteiger partial charge in [0.15, 0.2) is 11.8 Å². The van der Waals surface area contributed by atoms with Crippen LogP contribution in [0, 0.1) is 0 Å². The Morgan fingerprint density at radius 2 is 0.931 bits per heavy atom. The lowest BCUT2D eigenvalue weighted by molar-refractivity contribution is 0.400. The summed E-state index contributed by atoms with van der Waals surface area (Å²) >= 11 is 6.38. The average Bonchev–Trinajstić information content (AvgIpc) is 3.10. The van der Waals surface area contributed by atoms with Crippen molar-refractivity contribution in [2.45, 2.75) is 6.42 Å². The molecule has 0 radical (unpaired) electrons. The summed E-state index contributed by atoms with van der Waals surface area (Å²) in [5.74, 6) is -0.232. The first kappa shape index (κ1) is 19.5. The van der Waals surface area contributed by atoms with Crippen molar-refractivity contribution in [3.05, 3.63) is 80.7 Å². The van der Waals surface area contributed by atoms with E-state index < -0.39 is 0 Å². The SMILES string of the molecule is Oc1cc(Br)c(O)n1-c1ccc(Cc2ccc(-n3c(O)cc(Br)c3O)cc2)cc1. The molecule has 8 heteroatoms. The van der Waals surface area contributed by atoms with Gasteiger partial charge < -0.3 is 20.4 Å². The number of aromatic nitrogens is 2. The van der Waals surface area contributed by atoms with Gasteiger partial charge in [-0.2, -0.15) is 0 Å². The summed E-state index contributed by atoms with van der Waals surface area (Å²) in [5.41, 5.74) is 3.41. The van der Waals surface area contributed by atoms with Crippen LogP contribution in [0.25, 0.3) is 11.4 Å². The van der Waals surface area contributed by atoms with Gasteiger partial charge in [-0.25, -0.2) is 0 Å². The molecule has 0 saturated heterocycles. The molecule has 4 aromatic rings. The van der Waals surface area contributed by atoms with Gasteiger partial charge in [-0.1, -0.05) is 24.3 Å². The number of halogens is 2. The predicted molar refractivity (Wildman–Crippen MR) is 116 cm³/mol. The van der Waals surface area contributed by atoms with Crippen molar-refractivity contribution >= 4 is 31.9 Å². The van der Waals surface area contributed by atoms with Crippen LogP contribution in [-0.2, 0) is 6.42 Å². The van der Waals surface area contributed by atoms with Gasteiger partial charge in [-0.05, 0) is 73.7 Å². The first-order valence-corrected chi connectivity index (χ1v) is 10.2. The molecular weight excluding hydrogens is 504 g/mol. The molecule has 4 N–H and O–H groups in total. The fourth-order valence-corrected chi connectivity index (χ4v) is 3.95. The highest BCUT2D eigenvalue weighted by Gasteiger charge is 2.14. The van der Waals surface area contributed by atoms with E-state index in [0.717, 1.165) is 11.1 Å². The second kappa shape index (κ2) is 7.53. The zero-order valence-corrected chi connectivity index (χ0v) is 18.1. The van der Waals surface area contributed by atoms with Crippen molar-refractivity contribution in [3.63, 3.8) is 0 Å². The van der Waals surface area contributed by atoms with E-state index in [-0.39, 0.29) is 23.5 Å². The van der Waals surface area contributed by atoms with E-state index in [4.69, 9.17) is 0 Å². The molecule has 2 heterocycles. The standard InChI is InChI=1S/C21H16Br2N2O4/c22-16-10-18(26)24(20(16)28)14-5-1-12(2-6-14)9-13-3-7-15(8-4-13)25-19(27)11-17(23)21(25)29/h1-8,10-11,26-29H,9H2. The minimum Gasteiger partial charge on any atom is -0.494 e. The van der Waals surface area contributed by atoms with E-state index in [1.54, 1.807) is 0 Å². The average molecular weight is 520 g/mol. The third kappa shape index (κ3) is 3.61. The number of nitrogens with zero attached hydrogens (tertiary/aromatic N) is 2. The molecule has 0 bridgehead atoms. The lowest BCUT2D eigenvalue weighted by Crippen LogP contribution is -1.95. The Hall–Kier alpha value is -2.84. The summed E-state index contributed by atoms with van der Waals surface area (Å²) in [6.07, 6.45) is 0.682. The molecule has 0 fully saturated rings. The molecule has 2 aromatic heterocycles. The highest BCUT2D eigenvalue weighted by Crippen LogP contribution is 2.36. The molecule has 0 aliphatic carbocycles. The first-order valence-electron chi connectivity index (χ1n) is 8.62. The summed E-state index contributed by atoms with van der Waals surface area (Å²) in [5, 5.41) is 40.0. The van der Waals surface area contributed by atoms with Gasteiger partial charge in [-0.15, -0.1) is 0 Å². The molecule has 29 heavy (non-hydrogen) atoms. The second-order valence-electron chi connectivity index (χ2n) is 6.53. The van der Waals surface area contributed by atoms with E-state index in [1.807, 2.05) is 48.5 Å². The number of hydrogen-bond donors (Lipinski definition) is 4. The van der Waals surface area contributed by atoms with Crippen LogP contribution in [0.2, 0.25) is 0 Å². The third-order valence-corrected chi connectivity index (χ3v) is 5.79. The summed E-state index contributed by atoms with van der Waals surface area (Å²) in [7, 11) is 0. The second-order valence-corrected chi connectivity index (χ2v) is 8.24. The Bertz CT molecular complexity index is 1090. The van der Waals surface area contributed by atoms with E-state index in [2.05, 4.69) is 31.9 Å². The van der Waals surface area contributed by atoms with Crippen molar-refractivity contribution in [1.82, 2.24) is 9.13 Å². The van der Waals surface area contributed by atoms with Crippen LogP contribution >= 0.6 is 31.9 Å². The number of aromatic hydroxyl groups is 4. The van der Waals surface area contributed by atoms with E-state index in [0.29, 0.717) is 26.7 Å². The maximum Gasteiger partial charge on any atom is 0.213 e. The fourth-order valence-electron chi connectivity index (χ4n) is 3.19. The van der Waals surface area contributed by atoms with Gasteiger partial charge in [-0.3, -0.25) is 9.13 Å². The molecular formula is C21H16Br2N2O4. The van der Waals surface area contributed by atoms with Crippen molar-refractivity contribution in [2.75, 3.05) is 0 Å². The van der Waals surface area contributed by atoms with E-state index in [1.165, 1.54) is 21.3 Å². The predicted octanol–water partition coefficient (Wildman–Crippen LogP) is 5.21. The van der Waals surface area contributed by atoms with E-state index >= 15 is 0 Å².